The summed E-state index contributed by atoms with van der Waals surface area (Å²) in [5, 5.41) is 74.1. The molecule has 4 aliphatic rings. The van der Waals surface area contributed by atoms with E-state index in [9.17, 15) is 35.1 Å². The lowest BCUT2D eigenvalue weighted by Crippen LogP contribution is -2.58. The van der Waals surface area contributed by atoms with E-state index < -0.39 is 30.5 Å². The van der Waals surface area contributed by atoms with Crippen molar-refractivity contribution in [3.05, 3.63) is 0 Å². The van der Waals surface area contributed by atoms with E-state index in [2.05, 4.69) is 31.4 Å². The number of Topliss-reactive ketones (excluding diaryl/α,β-unsaturated/α-hetero) is 1. The first-order valence-corrected chi connectivity index (χ1v) is 16.5. The van der Waals surface area contributed by atoms with E-state index in [1.807, 2.05) is 0 Å². The third kappa shape index (κ3) is 6.99. The van der Waals surface area contributed by atoms with Gasteiger partial charge in [0.25, 0.3) is 5.91 Å². The van der Waals surface area contributed by atoms with Crippen LogP contribution >= 0.6 is 0 Å². The average molecular weight is 613 g/mol. The van der Waals surface area contributed by atoms with Crippen molar-refractivity contribution >= 4 is 11.7 Å². The minimum absolute atomic E-state index is 0.107. The maximum absolute atomic E-state index is 12.9. The molecule has 4 aliphatic carbocycles. The highest BCUT2D eigenvalue weighted by Crippen LogP contribution is 2.68. The first-order valence-electron chi connectivity index (χ1n) is 16.5. The monoisotopic (exact) mass is 612 g/mol. The van der Waals surface area contributed by atoms with Crippen LogP contribution in [-0.2, 0) is 9.59 Å². The van der Waals surface area contributed by atoms with Crippen LogP contribution in [-0.4, -0.2) is 104 Å². The molecule has 4 saturated carbocycles. The van der Waals surface area contributed by atoms with Crippen molar-refractivity contribution in [2.24, 2.45) is 46.3 Å². The van der Waals surface area contributed by atoms with Gasteiger partial charge in [0, 0.05) is 13.0 Å². The van der Waals surface area contributed by atoms with Gasteiger partial charge in [0.15, 0.2) is 12.4 Å². The first-order chi connectivity index (χ1) is 20.2. The number of hydrogen-bond acceptors (Lipinski definition) is 10. The molecular formula is C32H56N2O9. The molecule has 0 heterocycles. The highest BCUT2D eigenvalue weighted by atomic mass is 16.5. The Labute approximate surface area is 255 Å². The van der Waals surface area contributed by atoms with E-state index in [1.54, 1.807) is 0 Å². The highest BCUT2D eigenvalue weighted by Gasteiger charge is 2.63. The molecule has 0 spiro atoms. The van der Waals surface area contributed by atoms with Gasteiger partial charge in [-0.15, -0.1) is 0 Å². The van der Waals surface area contributed by atoms with E-state index in [4.69, 9.17) is 10.2 Å². The molecule has 4 fully saturated rings. The highest BCUT2D eigenvalue weighted by molar-refractivity contribution is 5.81. The van der Waals surface area contributed by atoms with Gasteiger partial charge >= 0.3 is 0 Å². The number of carbonyl (C=O) groups excluding carboxylic acids is 2. The third-order valence-corrected chi connectivity index (χ3v) is 12.5. The summed E-state index contributed by atoms with van der Waals surface area (Å²) in [4.78, 5) is 24.8. The largest absolute Gasteiger partial charge is 0.393 e. The zero-order valence-corrected chi connectivity index (χ0v) is 26.1. The van der Waals surface area contributed by atoms with Gasteiger partial charge < -0.3 is 46.4 Å². The zero-order chi connectivity index (χ0) is 31.7. The number of carbonyl (C=O) groups is 2. The van der Waals surface area contributed by atoms with Gasteiger partial charge in [-0.3, -0.25) is 9.59 Å². The fourth-order valence-electron chi connectivity index (χ4n) is 10.0. The standard InChI is InChI=1S/C32H56N2O9/c1-17(13-20(36)16-33-11-4-12-34-29(41)27(39)26(38)28(40)30(42)43)22-7-8-23-21-6-5-18-14-19(35)9-10-31(18,2)24(21)15-25(37)32(22,23)3/h17-19,21-28,30,33,35,37-40,42-43H,4-16H2,1-3H3,(H,34,41)/t17-,18+,19-,21+,22-,23+,24+,25+,26+,27+,28+,31+,32-/m1/s1. The fraction of sp³-hybridized carbons (Fsp3) is 0.938. The van der Waals surface area contributed by atoms with Crippen LogP contribution in [0.4, 0.5) is 0 Å². The van der Waals surface area contributed by atoms with Crippen LogP contribution in [0.5, 0.6) is 0 Å². The number of aliphatic hydroxyl groups is 7. The molecule has 11 nitrogen and oxygen atoms in total. The Morgan fingerprint density at radius 2 is 1.60 bits per heavy atom. The topological polar surface area (TPSA) is 200 Å². The summed E-state index contributed by atoms with van der Waals surface area (Å²) < 4.78 is 0. The molecule has 1 amide bonds. The molecule has 0 aromatic carbocycles. The van der Waals surface area contributed by atoms with Crippen molar-refractivity contribution in [1.82, 2.24) is 10.6 Å². The van der Waals surface area contributed by atoms with Crippen molar-refractivity contribution in [3.8, 4) is 0 Å². The van der Waals surface area contributed by atoms with E-state index >= 15 is 0 Å². The number of fused-ring (bicyclic) bond motifs is 5. The van der Waals surface area contributed by atoms with Crippen LogP contribution in [0.2, 0.25) is 0 Å². The lowest BCUT2D eigenvalue weighted by molar-refractivity contribution is -0.180. The molecule has 0 unspecified atom stereocenters. The number of nitrogens with one attached hydrogen (secondary N) is 2. The van der Waals surface area contributed by atoms with Crippen molar-refractivity contribution in [2.75, 3.05) is 19.6 Å². The Morgan fingerprint density at radius 3 is 2.30 bits per heavy atom. The molecule has 0 aliphatic heterocycles. The molecular weight excluding hydrogens is 556 g/mol. The van der Waals surface area contributed by atoms with E-state index in [1.165, 1.54) is 12.8 Å². The number of aliphatic hydroxyl groups excluding tert-OH is 6. The molecule has 248 valence electrons. The van der Waals surface area contributed by atoms with Crippen LogP contribution in [0.25, 0.3) is 0 Å². The quantitative estimate of drug-likeness (QED) is 0.101. The van der Waals surface area contributed by atoms with Gasteiger partial charge in [-0.2, -0.15) is 0 Å². The summed E-state index contributed by atoms with van der Waals surface area (Å²) in [5.74, 6) is 1.74. The van der Waals surface area contributed by atoms with Gasteiger partial charge in [0.05, 0.1) is 18.8 Å². The zero-order valence-electron chi connectivity index (χ0n) is 26.1. The first kappa shape index (κ1) is 34.7. The van der Waals surface area contributed by atoms with Gasteiger partial charge in [-0.05, 0) is 111 Å². The summed E-state index contributed by atoms with van der Waals surface area (Å²) in [6, 6.07) is 0. The van der Waals surface area contributed by atoms with Crippen molar-refractivity contribution in [1.29, 1.82) is 0 Å². The smallest absolute Gasteiger partial charge is 0.251 e. The molecule has 13 atom stereocenters. The molecule has 0 aromatic rings. The maximum Gasteiger partial charge on any atom is 0.251 e. The minimum atomic E-state index is -2.29. The molecule has 0 bridgehead atoms. The second kappa shape index (κ2) is 14.1. The van der Waals surface area contributed by atoms with E-state index in [0.29, 0.717) is 49.0 Å². The van der Waals surface area contributed by atoms with Crippen molar-refractivity contribution in [2.45, 2.75) is 122 Å². The minimum Gasteiger partial charge on any atom is -0.393 e. The maximum atomic E-state index is 12.9. The summed E-state index contributed by atoms with van der Waals surface area (Å²) >= 11 is 0. The molecule has 4 rings (SSSR count). The van der Waals surface area contributed by atoms with Crippen molar-refractivity contribution in [3.63, 3.8) is 0 Å². The average Bonchev–Trinajstić information content (AvgIpc) is 3.33. The van der Waals surface area contributed by atoms with Crippen LogP contribution < -0.4 is 10.6 Å². The van der Waals surface area contributed by atoms with Crippen LogP contribution in [0, 0.1) is 46.3 Å². The lowest BCUT2D eigenvalue weighted by Gasteiger charge is -2.62. The Hall–Kier alpha value is -1.18. The van der Waals surface area contributed by atoms with Gasteiger partial charge in [-0.25, -0.2) is 0 Å². The number of rotatable bonds is 13. The van der Waals surface area contributed by atoms with Crippen LogP contribution in [0.3, 0.4) is 0 Å². The molecule has 0 aromatic heterocycles. The molecule has 11 heteroatoms. The molecule has 0 saturated heterocycles. The van der Waals surface area contributed by atoms with Gasteiger partial charge in [0.1, 0.15) is 18.0 Å². The summed E-state index contributed by atoms with van der Waals surface area (Å²) in [6.07, 6.45) is 0.0603. The predicted octanol–water partition coefficient (Wildman–Crippen LogP) is 0.0616. The SMILES string of the molecule is C[C@H](CC(=O)CNCCCNC(=O)[C@@H](O)[C@H](O)[C@H](O)C(O)O)[C@H]1CC[C@H]2[C@@H]3CC[C@H]4C[C@H](O)CC[C@]4(C)[C@H]3C[C@H](O)[C@]12C. The summed E-state index contributed by atoms with van der Waals surface area (Å²) in [7, 11) is 0. The number of ketones is 1. The lowest BCUT2D eigenvalue weighted by atomic mass is 9.43. The molecule has 9 N–H and O–H groups in total. The Morgan fingerprint density at radius 1 is 0.884 bits per heavy atom. The van der Waals surface area contributed by atoms with Crippen LogP contribution in [0.15, 0.2) is 0 Å². The van der Waals surface area contributed by atoms with Crippen LogP contribution in [0.1, 0.15) is 85.0 Å². The predicted molar refractivity (Wildman–Crippen MR) is 158 cm³/mol. The number of hydrogen-bond donors (Lipinski definition) is 9. The molecule has 0 radical (unpaired) electrons. The molecule has 43 heavy (non-hydrogen) atoms. The van der Waals surface area contributed by atoms with E-state index in [0.717, 1.165) is 38.5 Å². The second-order valence-corrected chi connectivity index (χ2v) is 14.8. The van der Waals surface area contributed by atoms with Crippen molar-refractivity contribution < 1.29 is 45.3 Å². The summed E-state index contributed by atoms with van der Waals surface area (Å²) in [6.45, 7) is 7.66. The Kier molecular flexibility index (Phi) is 11.4. The Balaban J connectivity index is 1.21. The summed E-state index contributed by atoms with van der Waals surface area (Å²) in [5.41, 5.74) is 0.0129. The van der Waals surface area contributed by atoms with E-state index in [-0.39, 0.29) is 47.8 Å². The third-order valence-electron chi connectivity index (χ3n) is 12.5. The normalized spacial score (nSPS) is 40.1. The van der Waals surface area contributed by atoms with Gasteiger partial charge in [0.2, 0.25) is 0 Å². The fourth-order valence-corrected chi connectivity index (χ4v) is 10.0. The second-order valence-electron chi connectivity index (χ2n) is 14.8. The van der Waals surface area contributed by atoms with Gasteiger partial charge in [-0.1, -0.05) is 20.8 Å². The number of amides is 1. The Bertz CT molecular complexity index is 967.